The molecular weight excluding hydrogens is 280 g/mol. The van der Waals surface area contributed by atoms with Gasteiger partial charge in [0.25, 0.3) is 0 Å². The topological polar surface area (TPSA) is 42.0 Å². The number of hydrogen-bond acceptors (Lipinski definition) is 3. The molecule has 1 amide bonds. The number of halogens is 1. The van der Waals surface area contributed by atoms with E-state index in [-0.39, 0.29) is 5.91 Å². The van der Waals surface area contributed by atoms with Crippen molar-refractivity contribution in [2.24, 2.45) is 5.92 Å². The summed E-state index contributed by atoms with van der Waals surface area (Å²) in [6, 6.07) is 0. The summed E-state index contributed by atoms with van der Waals surface area (Å²) in [7, 11) is 0. The molecule has 1 aromatic rings. The number of nitrogens with one attached hydrogen (secondary N) is 1. The average Bonchev–Trinajstić information content (AvgIpc) is 2.87. The zero-order valence-electron chi connectivity index (χ0n) is 11.2. The van der Waals surface area contributed by atoms with Crippen LogP contribution in [0.3, 0.4) is 0 Å². The SMILES string of the molecule is O=C(Cc1nc(CCl)cs1)NCCC1CCCCC1. The molecule has 1 saturated carbocycles. The molecule has 0 spiro atoms. The van der Waals surface area contributed by atoms with E-state index >= 15 is 0 Å². The molecule has 19 heavy (non-hydrogen) atoms. The molecule has 106 valence electrons. The van der Waals surface area contributed by atoms with Crippen LogP contribution in [0.1, 0.15) is 49.2 Å². The molecule has 1 N–H and O–H groups in total. The van der Waals surface area contributed by atoms with E-state index in [0.717, 1.165) is 29.6 Å². The maximum atomic E-state index is 11.8. The molecule has 2 rings (SSSR count). The van der Waals surface area contributed by atoms with Crippen LogP contribution >= 0.6 is 22.9 Å². The van der Waals surface area contributed by atoms with E-state index in [1.54, 1.807) is 0 Å². The van der Waals surface area contributed by atoms with Gasteiger partial charge in [0.15, 0.2) is 0 Å². The Morgan fingerprint density at radius 3 is 2.89 bits per heavy atom. The summed E-state index contributed by atoms with van der Waals surface area (Å²) in [5.41, 5.74) is 0.858. The van der Waals surface area contributed by atoms with Crippen molar-refractivity contribution in [1.82, 2.24) is 10.3 Å². The Morgan fingerprint density at radius 2 is 2.21 bits per heavy atom. The van der Waals surface area contributed by atoms with Gasteiger partial charge in [0, 0.05) is 11.9 Å². The highest BCUT2D eigenvalue weighted by Crippen LogP contribution is 2.25. The van der Waals surface area contributed by atoms with Crippen molar-refractivity contribution in [3.8, 4) is 0 Å². The number of alkyl halides is 1. The van der Waals surface area contributed by atoms with Gasteiger partial charge in [0.05, 0.1) is 18.0 Å². The molecule has 1 fully saturated rings. The summed E-state index contributed by atoms with van der Waals surface area (Å²) < 4.78 is 0. The van der Waals surface area contributed by atoms with Crippen LogP contribution in [0.15, 0.2) is 5.38 Å². The van der Waals surface area contributed by atoms with Crippen LogP contribution in [-0.2, 0) is 17.1 Å². The van der Waals surface area contributed by atoms with Crippen molar-refractivity contribution in [1.29, 1.82) is 0 Å². The largest absolute Gasteiger partial charge is 0.356 e. The lowest BCUT2D eigenvalue weighted by Gasteiger charge is -2.21. The van der Waals surface area contributed by atoms with Crippen LogP contribution in [0.4, 0.5) is 0 Å². The first kappa shape index (κ1) is 14.8. The lowest BCUT2D eigenvalue weighted by molar-refractivity contribution is -0.120. The molecule has 0 unspecified atom stereocenters. The summed E-state index contributed by atoms with van der Waals surface area (Å²) in [5, 5.41) is 5.77. The first-order valence-corrected chi connectivity index (χ1v) is 8.45. The van der Waals surface area contributed by atoms with Gasteiger partial charge in [0.2, 0.25) is 5.91 Å². The number of amides is 1. The van der Waals surface area contributed by atoms with E-state index in [0.29, 0.717) is 12.3 Å². The van der Waals surface area contributed by atoms with E-state index in [1.165, 1.54) is 43.4 Å². The fourth-order valence-corrected chi connectivity index (χ4v) is 3.60. The fourth-order valence-electron chi connectivity index (χ4n) is 2.58. The molecule has 1 aromatic heterocycles. The molecule has 1 aliphatic rings. The first-order valence-electron chi connectivity index (χ1n) is 7.04. The molecule has 0 aliphatic heterocycles. The number of carbonyl (C=O) groups is 1. The lowest BCUT2D eigenvalue weighted by atomic mass is 9.87. The van der Waals surface area contributed by atoms with Crippen LogP contribution in [0.25, 0.3) is 0 Å². The smallest absolute Gasteiger partial charge is 0.226 e. The molecule has 5 heteroatoms. The third-order valence-electron chi connectivity index (χ3n) is 3.65. The second kappa shape index (κ2) is 7.85. The van der Waals surface area contributed by atoms with Crippen LogP contribution in [0.2, 0.25) is 0 Å². The Balaban J connectivity index is 1.63. The highest BCUT2D eigenvalue weighted by atomic mass is 35.5. The van der Waals surface area contributed by atoms with Crippen molar-refractivity contribution in [3.63, 3.8) is 0 Å². The lowest BCUT2D eigenvalue weighted by Crippen LogP contribution is -2.27. The normalized spacial score (nSPS) is 16.5. The Labute approximate surface area is 123 Å². The minimum Gasteiger partial charge on any atom is -0.356 e. The number of thiazole rings is 1. The fraction of sp³-hybridized carbons (Fsp3) is 0.714. The van der Waals surface area contributed by atoms with E-state index in [1.807, 2.05) is 5.38 Å². The van der Waals surface area contributed by atoms with E-state index in [4.69, 9.17) is 11.6 Å². The van der Waals surface area contributed by atoms with Crippen LogP contribution in [0.5, 0.6) is 0 Å². The minimum absolute atomic E-state index is 0.0753. The van der Waals surface area contributed by atoms with E-state index in [9.17, 15) is 4.79 Å². The third kappa shape index (κ3) is 5.11. The van der Waals surface area contributed by atoms with Gasteiger partial charge in [-0.05, 0) is 12.3 Å². The number of hydrogen-bond donors (Lipinski definition) is 1. The quantitative estimate of drug-likeness (QED) is 0.817. The number of nitrogens with zero attached hydrogens (tertiary/aromatic N) is 1. The number of aromatic nitrogens is 1. The first-order chi connectivity index (χ1) is 9.28. The number of rotatable bonds is 6. The van der Waals surface area contributed by atoms with Crippen LogP contribution in [-0.4, -0.2) is 17.4 Å². The molecule has 3 nitrogen and oxygen atoms in total. The maximum Gasteiger partial charge on any atom is 0.226 e. The molecule has 0 atom stereocenters. The predicted octanol–water partition coefficient (Wildman–Crippen LogP) is 3.51. The summed E-state index contributed by atoms with van der Waals surface area (Å²) in [5.74, 6) is 1.31. The van der Waals surface area contributed by atoms with Gasteiger partial charge in [-0.15, -0.1) is 22.9 Å². The van der Waals surface area contributed by atoms with E-state index < -0.39 is 0 Å². The average molecular weight is 301 g/mol. The Hall–Kier alpha value is -0.610. The van der Waals surface area contributed by atoms with Crippen molar-refractivity contribution < 1.29 is 4.79 Å². The highest BCUT2D eigenvalue weighted by molar-refractivity contribution is 7.09. The monoisotopic (exact) mass is 300 g/mol. The van der Waals surface area contributed by atoms with Crippen molar-refractivity contribution in [3.05, 3.63) is 16.1 Å². The van der Waals surface area contributed by atoms with Gasteiger partial charge in [-0.1, -0.05) is 32.1 Å². The van der Waals surface area contributed by atoms with Crippen molar-refractivity contribution in [2.75, 3.05) is 6.54 Å². The van der Waals surface area contributed by atoms with Gasteiger partial charge in [0.1, 0.15) is 5.01 Å². The second-order valence-electron chi connectivity index (χ2n) is 5.19. The van der Waals surface area contributed by atoms with Crippen LogP contribution in [0, 0.1) is 5.92 Å². The van der Waals surface area contributed by atoms with Crippen molar-refractivity contribution >= 4 is 28.8 Å². The number of carbonyl (C=O) groups excluding carboxylic acids is 1. The minimum atomic E-state index is 0.0753. The molecule has 0 bridgehead atoms. The summed E-state index contributed by atoms with van der Waals surface area (Å²) in [6.45, 7) is 0.803. The Kier molecular flexibility index (Phi) is 6.11. The zero-order valence-corrected chi connectivity index (χ0v) is 12.7. The Bertz CT molecular complexity index is 402. The van der Waals surface area contributed by atoms with Gasteiger partial charge < -0.3 is 5.32 Å². The summed E-state index contributed by atoms with van der Waals surface area (Å²) >= 11 is 7.20. The van der Waals surface area contributed by atoms with Gasteiger partial charge in [-0.25, -0.2) is 4.98 Å². The zero-order chi connectivity index (χ0) is 13.5. The predicted molar refractivity (Wildman–Crippen MR) is 79.6 cm³/mol. The molecular formula is C14H21ClN2OS. The molecule has 0 saturated heterocycles. The molecule has 0 radical (unpaired) electrons. The third-order valence-corrected chi connectivity index (χ3v) is 4.82. The maximum absolute atomic E-state index is 11.8. The van der Waals surface area contributed by atoms with Gasteiger partial charge >= 0.3 is 0 Å². The van der Waals surface area contributed by atoms with Crippen molar-refractivity contribution in [2.45, 2.75) is 50.8 Å². The summed E-state index contributed by atoms with van der Waals surface area (Å²) in [4.78, 5) is 16.1. The van der Waals surface area contributed by atoms with Gasteiger partial charge in [-0.3, -0.25) is 4.79 Å². The Morgan fingerprint density at radius 1 is 1.42 bits per heavy atom. The molecule has 1 aliphatic carbocycles. The second-order valence-corrected chi connectivity index (χ2v) is 6.40. The summed E-state index contributed by atoms with van der Waals surface area (Å²) in [6.07, 6.45) is 8.28. The van der Waals surface area contributed by atoms with Crippen LogP contribution < -0.4 is 5.32 Å². The van der Waals surface area contributed by atoms with E-state index in [2.05, 4.69) is 10.3 Å². The standard InChI is InChI=1S/C14H21ClN2OS/c15-9-12-10-19-14(17-12)8-13(18)16-7-6-11-4-2-1-3-5-11/h10-11H,1-9H2,(H,16,18). The van der Waals surface area contributed by atoms with Gasteiger partial charge in [-0.2, -0.15) is 0 Å². The molecule has 1 heterocycles. The highest BCUT2D eigenvalue weighted by Gasteiger charge is 2.13. The molecule has 0 aromatic carbocycles.